The number of benzene rings is 2. The fourth-order valence-corrected chi connectivity index (χ4v) is 2.70. The van der Waals surface area contributed by atoms with E-state index in [0.717, 1.165) is 17.1 Å². The third-order valence-corrected chi connectivity index (χ3v) is 4.23. The number of para-hydroxylation sites is 2. The number of carbonyl (C=O) groups is 1. The highest BCUT2D eigenvalue weighted by Gasteiger charge is 2.18. The maximum Gasteiger partial charge on any atom is 0.261 e. The van der Waals surface area contributed by atoms with E-state index in [1.54, 1.807) is 0 Å². The van der Waals surface area contributed by atoms with Crippen molar-refractivity contribution in [2.45, 2.75) is 46.1 Å². The number of hydrogen-bond donors (Lipinski definition) is 1. The molecule has 2 aromatic rings. The van der Waals surface area contributed by atoms with Gasteiger partial charge < -0.3 is 14.8 Å². The van der Waals surface area contributed by atoms with Gasteiger partial charge in [-0.1, -0.05) is 57.2 Å². The van der Waals surface area contributed by atoms with Gasteiger partial charge in [-0.2, -0.15) is 0 Å². The molecule has 0 fully saturated rings. The van der Waals surface area contributed by atoms with E-state index < -0.39 is 6.10 Å². The van der Waals surface area contributed by atoms with Gasteiger partial charge in [0.1, 0.15) is 18.1 Å². The number of nitrogens with one attached hydrogen (secondary N) is 1. The molecule has 0 aliphatic carbocycles. The molecule has 0 saturated carbocycles. The van der Waals surface area contributed by atoms with Gasteiger partial charge in [-0.3, -0.25) is 4.79 Å². The molecular weight excluding hydrogens is 326 g/mol. The highest BCUT2D eigenvalue weighted by molar-refractivity contribution is 5.81. The van der Waals surface area contributed by atoms with Crippen LogP contribution in [0, 0.1) is 6.92 Å². The smallest absolute Gasteiger partial charge is 0.261 e. The Morgan fingerprint density at radius 2 is 1.69 bits per heavy atom. The quantitative estimate of drug-likeness (QED) is 0.675. The van der Waals surface area contributed by atoms with Gasteiger partial charge in [-0.05, 0) is 42.5 Å². The van der Waals surface area contributed by atoms with Crippen LogP contribution in [0.1, 0.15) is 44.2 Å². The van der Waals surface area contributed by atoms with Crippen molar-refractivity contribution in [2.24, 2.45) is 0 Å². The molecule has 2 aromatic carbocycles. The zero-order chi connectivity index (χ0) is 18.9. The van der Waals surface area contributed by atoms with Gasteiger partial charge >= 0.3 is 0 Å². The highest BCUT2D eigenvalue weighted by Crippen LogP contribution is 2.25. The molecule has 140 valence electrons. The van der Waals surface area contributed by atoms with E-state index in [2.05, 4.69) is 25.2 Å². The van der Waals surface area contributed by atoms with E-state index in [-0.39, 0.29) is 5.91 Å². The van der Waals surface area contributed by atoms with E-state index >= 15 is 0 Å². The molecule has 26 heavy (non-hydrogen) atoms. The molecule has 0 unspecified atom stereocenters. The lowest BCUT2D eigenvalue weighted by molar-refractivity contribution is -0.128. The van der Waals surface area contributed by atoms with Crippen molar-refractivity contribution in [1.29, 1.82) is 0 Å². The number of rotatable bonds is 9. The Morgan fingerprint density at radius 1 is 1.04 bits per heavy atom. The number of hydrogen-bond acceptors (Lipinski definition) is 3. The first-order valence-corrected chi connectivity index (χ1v) is 9.24. The van der Waals surface area contributed by atoms with Gasteiger partial charge in [0, 0.05) is 0 Å². The van der Waals surface area contributed by atoms with Crippen LogP contribution >= 0.6 is 0 Å². The summed E-state index contributed by atoms with van der Waals surface area (Å²) in [5, 5.41) is 2.90. The Bertz CT molecular complexity index is 712. The molecule has 2 rings (SSSR count). The summed E-state index contributed by atoms with van der Waals surface area (Å²) in [6.45, 7) is 9.06. The van der Waals surface area contributed by atoms with Crippen LogP contribution in [0.4, 0.5) is 0 Å². The Labute approximate surface area is 156 Å². The molecule has 4 heteroatoms. The molecule has 0 bridgehead atoms. The van der Waals surface area contributed by atoms with Crippen molar-refractivity contribution in [3.8, 4) is 11.5 Å². The summed E-state index contributed by atoms with van der Waals surface area (Å²) in [6, 6.07) is 15.7. The topological polar surface area (TPSA) is 47.6 Å². The molecule has 0 aliphatic heterocycles. The minimum absolute atomic E-state index is 0.114. The Balaban J connectivity index is 1.83. The standard InChI is InChI=1S/C22H29NO3/c1-5-19(26-20-12-8-6-10-17(20)4)22(24)23-14-15-25-21-13-9-7-11-18(21)16(2)3/h6-13,16,19H,5,14-15H2,1-4H3,(H,23,24)/t19-/m0/s1. The summed E-state index contributed by atoms with van der Waals surface area (Å²) >= 11 is 0. The molecule has 1 N–H and O–H groups in total. The largest absolute Gasteiger partial charge is 0.491 e. The second kappa shape index (κ2) is 9.85. The maximum absolute atomic E-state index is 12.4. The third kappa shape index (κ3) is 5.51. The number of ether oxygens (including phenoxy) is 2. The maximum atomic E-state index is 12.4. The van der Waals surface area contributed by atoms with Gasteiger partial charge in [0.15, 0.2) is 6.10 Å². The normalized spacial score (nSPS) is 11.9. The lowest BCUT2D eigenvalue weighted by atomic mass is 10.0. The zero-order valence-electron chi connectivity index (χ0n) is 16.1. The lowest BCUT2D eigenvalue weighted by Crippen LogP contribution is -2.39. The Hall–Kier alpha value is -2.49. The van der Waals surface area contributed by atoms with E-state index in [1.165, 1.54) is 5.56 Å². The van der Waals surface area contributed by atoms with E-state index in [1.807, 2.05) is 56.3 Å². The van der Waals surface area contributed by atoms with Crippen LogP contribution in [-0.4, -0.2) is 25.2 Å². The van der Waals surface area contributed by atoms with E-state index in [0.29, 0.717) is 25.5 Å². The second-order valence-electron chi connectivity index (χ2n) is 6.61. The van der Waals surface area contributed by atoms with E-state index in [4.69, 9.17) is 9.47 Å². The molecule has 0 saturated heterocycles. The molecular formula is C22H29NO3. The third-order valence-electron chi connectivity index (χ3n) is 4.23. The first-order chi connectivity index (χ1) is 12.5. The van der Waals surface area contributed by atoms with Gasteiger partial charge in [0.25, 0.3) is 5.91 Å². The summed E-state index contributed by atoms with van der Waals surface area (Å²) in [6.07, 6.45) is 0.107. The minimum Gasteiger partial charge on any atom is -0.491 e. The molecule has 1 amide bonds. The Kier molecular flexibility index (Phi) is 7.52. The average molecular weight is 355 g/mol. The van der Waals surface area contributed by atoms with Gasteiger partial charge in [-0.15, -0.1) is 0 Å². The summed E-state index contributed by atoms with van der Waals surface area (Å²) in [4.78, 5) is 12.4. The van der Waals surface area contributed by atoms with Gasteiger partial charge in [0.05, 0.1) is 6.54 Å². The monoisotopic (exact) mass is 355 g/mol. The average Bonchev–Trinajstić information content (AvgIpc) is 2.64. The van der Waals surface area contributed by atoms with Gasteiger partial charge in [0.2, 0.25) is 0 Å². The summed E-state index contributed by atoms with van der Waals surface area (Å²) in [5.41, 5.74) is 2.19. The fourth-order valence-electron chi connectivity index (χ4n) is 2.70. The van der Waals surface area contributed by atoms with Crippen molar-refractivity contribution >= 4 is 5.91 Å². The molecule has 0 heterocycles. The highest BCUT2D eigenvalue weighted by atomic mass is 16.5. The Morgan fingerprint density at radius 3 is 2.35 bits per heavy atom. The van der Waals surface area contributed by atoms with Crippen molar-refractivity contribution in [1.82, 2.24) is 5.32 Å². The van der Waals surface area contributed by atoms with Crippen molar-refractivity contribution in [3.63, 3.8) is 0 Å². The van der Waals surface area contributed by atoms with Crippen molar-refractivity contribution < 1.29 is 14.3 Å². The van der Waals surface area contributed by atoms with Crippen LogP contribution < -0.4 is 14.8 Å². The summed E-state index contributed by atoms with van der Waals surface area (Å²) in [5.74, 6) is 1.90. The first kappa shape index (κ1) is 19.8. The van der Waals surface area contributed by atoms with Crippen molar-refractivity contribution in [2.75, 3.05) is 13.2 Å². The van der Waals surface area contributed by atoms with Gasteiger partial charge in [-0.25, -0.2) is 0 Å². The van der Waals surface area contributed by atoms with Crippen LogP contribution in [-0.2, 0) is 4.79 Å². The summed E-state index contributed by atoms with van der Waals surface area (Å²) in [7, 11) is 0. The van der Waals surface area contributed by atoms with Crippen LogP contribution in [0.5, 0.6) is 11.5 Å². The molecule has 4 nitrogen and oxygen atoms in total. The molecule has 1 atom stereocenters. The zero-order valence-corrected chi connectivity index (χ0v) is 16.1. The predicted molar refractivity (Wildman–Crippen MR) is 105 cm³/mol. The second-order valence-corrected chi connectivity index (χ2v) is 6.61. The fraction of sp³-hybridized carbons (Fsp3) is 0.409. The van der Waals surface area contributed by atoms with Crippen LogP contribution in [0.3, 0.4) is 0 Å². The molecule has 0 spiro atoms. The van der Waals surface area contributed by atoms with E-state index in [9.17, 15) is 4.79 Å². The first-order valence-electron chi connectivity index (χ1n) is 9.24. The van der Waals surface area contributed by atoms with Crippen molar-refractivity contribution in [3.05, 3.63) is 59.7 Å². The molecule has 0 radical (unpaired) electrons. The SMILES string of the molecule is CC[C@H](Oc1ccccc1C)C(=O)NCCOc1ccccc1C(C)C. The van der Waals surface area contributed by atoms with Crippen LogP contribution in [0.15, 0.2) is 48.5 Å². The minimum atomic E-state index is -0.501. The molecule has 0 aliphatic rings. The number of carbonyl (C=O) groups excluding carboxylic acids is 1. The lowest BCUT2D eigenvalue weighted by Gasteiger charge is -2.19. The number of amides is 1. The van der Waals surface area contributed by atoms with Crippen LogP contribution in [0.25, 0.3) is 0 Å². The molecule has 0 aromatic heterocycles. The van der Waals surface area contributed by atoms with Crippen LogP contribution in [0.2, 0.25) is 0 Å². The number of aryl methyl sites for hydroxylation is 1. The predicted octanol–water partition coefficient (Wildman–Crippen LogP) is 4.47. The summed E-state index contributed by atoms with van der Waals surface area (Å²) < 4.78 is 11.7.